The van der Waals surface area contributed by atoms with E-state index in [4.69, 9.17) is 14.2 Å². The van der Waals surface area contributed by atoms with E-state index in [1.54, 1.807) is 31.9 Å². The fourth-order valence-corrected chi connectivity index (χ4v) is 3.38. The summed E-state index contributed by atoms with van der Waals surface area (Å²) in [5.41, 5.74) is 2.93. The second-order valence-corrected chi connectivity index (χ2v) is 6.25. The number of hydrogen-bond acceptors (Lipinski definition) is 5. The normalized spacial score (nSPS) is 12.3. The summed E-state index contributed by atoms with van der Waals surface area (Å²) in [6.07, 6.45) is 0. The second kappa shape index (κ2) is 6.96. The Morgan fingerprint density at radius 1 is 1.13 bits per heavy atom. The highest BCUT2D eigenvalue weighted by atomic mass is 32.2. The number of ketones is 1. The van der Waals surface area contributed by atoms with Gasteiger partial charge in [0.15, 0.2) is 17.3 Å². The predicted octanol–water partition coefficient (Wildman–Crippen LogP) is 4.06. The molecule has 3 rings (SSSR count). The Hall–Kier alpha value is -2.14. The molecular formula is C18H18O4S. The highest BCUT2D eigenvalue weighted by molar-refractivity contribution is 7.97. The zero-order chi connectivity index (χ0) is 16.2. The van der Waals surface area contributed by atoms with Crippen molar-refractivity contribution in [2.75, 3.05) is 13.9 Å². The van der Waals surface area contributed by atoms with Crippen LogP contribution in [0.3, 0.4) is 0 Å². The number of rotatable bonds is 6. The maximum atomic E-state index is 11.5. The van der Waals surface area contributed by atoms with Crippen molar-refractivity contribution in [1.29, 1.82) is 0 Å². The first kappa shape index (κ1) is 15.7. The molecule has 0 N–H and O–H groups in total. The topological polar surface area (TPSA) is 44.8 Å². The van der Waals surface area contributed by atoms with Gasteiger partial charge in [-0.05, 0) is 42.8 Å². The molecule has 23 heavy (non-hydrogen) atoms. The van der Waals surface area contributed by atoms with Crippen LogP contribution in [0.2, 0.25) is 0 Å². The van der Waals surface area contributed by atoms with E-state index in [9.17, 15) is 4.79 Å². The van der Waals surface area contributed by atoms with E-state index in [1.165, 1.54) is 5.56 Å². The van der Waals surface area contributed by atoms with Crippen LogP contribution in [-0.2, 0) is 11.5 Å². The van der Waals surface area contributed by atoms with Gasteiger partial charge in [-0.2, -0.15) is 11.8 Å². The molecule has 0 fully saturated rings. The largest absolute Gasteiger partial charge is 0.496 e. The van der Waals surface area contributed by atoms with Crippen LogP contribution in [0.15, 0.2) is 36.4 Å². The molecule has 0 bridgehead atoms. The van der Waals surface area contributed by atoms with Gasteiger partial charge in [-0.1, -0.05) is 6.07 Å². The van der Waals surface area contributed by atoms with Crippen molar-refractivity contribution in [3.8, 4) is 17.2 Å². The third-order valence-corrected chi connectivity index (χ3v) is 4.70. The Morgan fingerprint density at radius 2 is 1.96 bits per heavy atom. The molecule has 1 aliphatic rings. The van der Waals surface area contributed by atoms with E-state index in [2.05, 4.69) is 0 Å². The Morgan fingerprint density at radius 3 is 2.74 bits per heavy atom. The number of methoxy groups -OCH3 is 1. The van der Waals surface area contributed by atoms with E-state index in [-0.39, 0.29) is 5.78 Å². The zero-order valence-electron chi connectivity index (χ0n) is 13.1. The maximum Gasteiger partial charge on any atom is 0.231 e. The molecule has 4 nitrogen and oxygen atoms in total. The monoisotopic (exact) mass is 330 g/mol. The number of benzene rings is 2. The van der Waals surface area contributed by atoms with E-state index in [1.807, 2.05) is 30.3 Å². The van der Waals surface area contributed by atoms with Gasteiger partial charge in [-0.15, -0.1) is 0 Å². The van der Waals surface area contributed by atoms with Crippen molar-refractivity contribution >= 4 is 17.5 Å². The highest BCUT2D eigenvalue weighted by Gasteiger charge is 2.13. The number of carbonyl (C=O) groups excluding carboxylic acids is 1. The summed E-state index contributed by atoms with van der Waals surface area (Å²) in [5.74, 6) is 4.11. The molecule has 0 saturated heterocycles. The molecule has 0 spiro atoms. The Kier molecular flexibility index (Phi) is 4.76. The molecule has 0 aliphatic carbocycles. The lowest BCUT2D eigenvalue weighted by Gasteiger charge is -2.10. The van der Waals surface area contributed by atoms with Crippen molar-refractivity contribution in [1.82, 2.24) is 0 Å². The smallest absolute Gasteiger partial charge is 0.231 e. The summed E-state index contributed by atoms with van der Waals surface area (Å²) in [4.78, 5) is 11.5. The van der Waals surface area contributed by atoms with E-state index in [0.717, 1.165) is 34.3 Å². The fraction of sp³-hybridized carbons (Fsp3) is 0.278. The minimum Gasteiger partial charge on any atom is -0.496 e. The van der Waals surface area contributed by atoms with Gasteiger partial charge in [-0.3, -0.25) is 4.79 Å². The summed E-state index contributed by atoms with van der Waals surface area (Å²) >= 11 is 1.77. The van der Waals surface area contributed by atoms with Crippen molar-refractivity contribution in [2.24, 2.45) is 0 Å². The first-order chi connectivity index (χ1) is 11.2. The average molecular weight is 330 g/mol. The van der Waals surface area contributed by atoms with Crippen LogP contribution in [0.5, 0.6) is 17.2 Å². The third kappa shape index (κ3) is 3.62. The van der Waals surface area contributed by atoms with Crippen LogP contribution in [0.4, 0.5) is 0 Å². The molecule has 0 amide bonds. The van der Waals surface area contributed by atoms with Crippen molar-refractivity contribution < 1.29 is 19.0 Å². The highest BCUT2D eigenvalue weighted by Crippen LogP contribution is 2.34. The standard InChI is InChI=1S/C18H18O4S/c1-12(19)14-4-6-16(20-2)15(8-14)10-23-9-13-3-5-17-18(7-13)22-11-21-17/h3-8H,9-11H2,1-2H3. The molecule has 120 valence electrons. The van der Waals surface area contributed by atoms with Crippen LogP contribution in [-0.4, -0.2) is 19.7 Å². The average Bonchev–Trinajstić information content (AvgIpc) is 3.02. The third-order valence-electron chi connectivity index (χ3n) is 3.65. The second-order valence-electron chi connectivity index (χ2n) is 5.26. The molecular weight excluding hydrogens is 312 g/mol. The van der Waals surface area contributed by atoms with Crippen LogP contribution < -0.4 is 14.2 Å². The zero-order valence-corrected chi connectivity index (χ0v) is 13.9. The number of Topliss-reactive ketones (excluding diaryl/α,β-unsaturated/α-hetero) is 1. The van der Waals surface area contributed by atoms with E-state index >= 15 is 0 Å². The van der Waals surface area contributed by atoms with Gasteiger partial charge in [0.25, 0.3) is 0 Å². The number of ether oxygens (including phenoxy) is 3. The molecule has 2 aromatic rings. The minimum absolute atomic E-state index is 0.0645. The summed E-state index contributed by atoms with van der Waals surface area (Å²) in [7, 11) is 1.65. The predicted molar refractivity (Wildman–Crippen MR) is 90.6 cm³/mol. The lowest BCUT2D eigenvalue weighted by Crippen LogP contribution is -1.97. The maximum absolute atomic E-state index is 11.5. The van der Waals surface area contributed by atoms with Crippen LogP contribution >= 0.6 is 11.8 Å². The summed E-state index contributed by atoms with van der Waals surface area (Å²) < 4.78 is 16.1. The van der Waals surface area contributed by atoms with Gasteiger partial charge in [0.05, 0.1) is 7.11 Å². The number of hydrogen-bond donors (Lipinski definition) is 0. The van der Waals surface area contributed by atoms with Gasteiger partial charge >= 0.3 is 0 Å². The lowest BCUT2D eigenvalue weighted by molar-refractivity contribution is 0.101. The number of fused-ring (bicyclic) bond motifs is 1. The Bertz CT molecular complexity index is 727. The van der Waals surface area contributed by atoms with Gasteiger partial charge in [0.1, 0.15) is 5.75 Å². The fourth-order valence-electron chi connectivity index (χ4n) is 2.42. The summed E-state index contributed by atoms with van der Waals surface area (Å²) in [6, 6.07) is 11.6. The van der Waals surface area contributed by atoms with Gasteiger partial charge in [0, 0.05) is 22.6 Å². The van der Waals surface area contributed by atoms with Crippen LogP contribution in [0.25, 0.3) is 0 Å². The molecule has 2 aromatic carbocycles. The molecule has 1 aliphatic heterocycles. The van der Waals surface area contributed by atoms with E-state index in [0.29, 0.717) is 12.4 Å². The molecule has 0 saturated carbocycles. The van der Waals surface area contributed by atoms with Gasteiger partial charge < -0.3 is 14.2 Å². The van der Waals surface area contributed by atoms with E-state index < -0.39 is 0 Å². The van der Waals surface area contributed by atoms with Crippen molar-refractivity contribution in [3.05, 3.63) is 53.1 Å². The summed E-state index contributed by atoms with van der Waals surface area (Å²) in [5, 5.41) is 0. The molecule has 5 heteroatoms. The minimum atomic E-state index is 0.0645. The molecule has 0 aromatic heterocycles. The van der Waals surface area contributed by atoms with Gasteiger partial charge in [0.2, 0.25) is 6.79 Å². The first-order valence-corrected chi connectivity index (χ1v) is 8.47. The molecule has 0 radical (unpaired) electrons. The number of thioether (sulfide) groups is 1. The van der Waals surface area contributed by atoms with Crippen molar-refractivity contribution in [2.45, 2.75) is 18.4 Å². The molecule has 1 heterocycles. The van der Waals surface area contributed by atoms with Crippen LogP contribution in [0.1, 0.15) is 28.4 Å². The van der Waals surface area contributed by atoms with Crippen molar-refractivity contribution in [3.63, 3.8) is 0 Å². The first-order valence-electron chi connectivity index (χ1n) is 7.31. The molecule has 0 unspecified atom stereocenters. The Labute approximate surface area is 139 Å². The number of carbonyl (C=O) groups is 1. The Balaban J connectivity index is 1.66. The summed E-state index contributed by atoms with van der Waals surface area (Å²) in [6.45, 7) is 1.87. The quantitative estimate of drug-likeness (QED) is 0.747. The van der Waals surface area contributed by atoms with Crippen LogP contribution in [0, 0.1) is 0 Å². The lowest BCUT2D eigenvalue weighted by atomic mass is 10.1. The van der Waals surface area contributed by atoms with Gasteiger partial charge in [-0.25, -0.2) is 0 Å². The molecule has 0 atom stereocenters. The SMILES string of the molecule is COc1ccc(C(C)=O)cc1CSCc1ccc2c(c1)OCO2.